The summed E-state index contributed by atoms with van der Waals surface area (Å²) in [6, 6.07) is 8.89. The summed E-state index contributed by atoms with van der Waals surface area (Å²) in [7, 11) is 0. The molecule has 0 fully saturated rings. The molecular weight excluding hydrogens is 208 g/mol. The molecule has 17 heavy (non-hydrogen) atoms. The number of rotatable bonds is 1. The fourth-order valence-electron chi connectivity index (χ4n) is 3.00. The van der Waals surface area contributed by atoms with E-state index in [4.69, 9.17) is 0 Å². The number of hydrogen-bond donors (Lipinski definition) is 1. The fraction of sp³-hybridized carbons (Fsp3) is 0.400. The second kappa shape index (κ2) is 3.92. The number of para-hydroxylation sites is 1. The lowest BCUT2D eigenvalue weighted by Gasteiger charge is -2.16. The van der Waals surface area contributed by atoms with Gasteiger partial charge < -0.3 is 4.98 Å². The Morgan fingerprint density at radius 1 is 1.47 bits per heavy atom. The van der Waals surface area contributed by atoms with Crippen LogP contribution in [0, 0.1) is 11.3 Å². The summed E-state index contributed by atoms with van der Waals surface area (Å²) in [6.45, 7) is 2.18. The molecule has 1 unspecified atom stereocenters. The minimum absolute atomic E-state index is 0.0830. The first-order valence-corrected chi connectivity index (χ1v) is 6.37. The largest absolute Gasteiger partial charge is 0.358 e. The average molecular weight is 224 g/mol. The van der Waals surface area contributed by atoms with Crippen molar-refractivity contribution >= 4 is 10.9 Å². The van der Waals surface area contributed by atoms with Crippen molar-refractivity contribution in [2.24, 2.45) is 0 Å². The molecule has 0 spiro atoms. The molecule has 1 aliphatic carbocycles. The van der Waals surface area contributed by atoms with Crippen LogP contribution < -0.4 is 0 Å². The van der Waals surface area contributed by atoms with Gasteiger partial charge in [-0.3, -0.25) is 0 Å². The van der Waals surface area contributed by atoms with Crippen LogP contribution in [-0.4, -0.2) is 4.98 Å². The summed E-state index contributed by atoms with van der Waals surface area (Å²) in [6.07, 6.45) is 4.26. The number of aryl methyl sites for hydroxylation is 2. The molecule has 3 rings (SSSR count). The number of H-pyrrole nitrogens is 1. The van der Waals surface area contributed by atoms with E-state index in [-0.39, 0.29) is 5.92 Å². The fourth-order valence-corrected chi connectivity index (χ4v) is 3.00. The van der Waals surface area contributed by atoms with Gasteiger partial charge in [-0.1, -0.05) is 25.1 Å². The van der Waals surface area contributed by atoms with Crippen LogP contribution in [0.3, 0.4) is 0 Å². The zero-order valence-electron chi connectivity index (χ0n) is 10.1. The Bertz CT molecular complexity index is 601. The molecule has 2 heteroatoms. The van der Waals surface area contributed by atoms with Crippen molar-refractivity contribution in [1.29, 1.82) is 5.26 Å². The number of fused-ring (bicyclic) bond motifs is 3. The van der Waals surface area contributed by atoms with Gasteiger partial charge in [0.15, 0.2) is 0 Å². The summed E-state index contributed by atoms with van der Waals surface area (Å²) in [5.41, 5.74) is 5.17. The Hall–Kier alpha value is -1.75. The summed E-state index contributed by atoms with van der Waals surface area (Å²) in [5, 5.41) is 10.5. The third-order valence-electron chi connectivity index (χ3n) is 3.85. The van der Waals surface area contributed by atoms with Crippen molar-refractivity contribution in [3.63, 3.8) is 0 Å². The van der Waals surface area contributed by atoms with Gasteiger partial charge in [-0.25, -0.2) is 0 Å². The number of nitriles is 1. The number of benzene rings is 1. The Morgan fingerprint density at radius 2 is 2.35 bits per heavy atom. The summed E-state index contributed by atoms with van der Waals surface area (Å²) >= 11 is 0. The van der Waals surface area contributed by atoms with E-state index in [2.05, 4.69) is 36.2 Å². The van der Waals surface area contributed by atoms with Crippen molar-refractivity contribution in [1.82, 2.24) is 4.98 Å². The van der Waals surface area contributed by atoms with Gasteiger partial charge in [0.1, 0.15) is 0 Å². The molecule has 0 aliphatic heterocycles. The molecule has 0 saturated heterocycles. The first-order chi connectivity index (χ1) is 8.35. The highest BCUT2D eigenvalue weighted by Gasteiger charge is 2.24. The molecular formula is C15H16N2. The van der Waals surface area contributed by atoms with Crippen molar-refractivity contribution < 1.29 is 0 Å². The Balaban J connectivity index is 2.32. The van der Waals surface area contributed by atoms with E-state index in [0.717, 1.165) is 25.7 Å². The molecule has 2 nitrogen and oxygen atoms in total. The van der Waals surface area contributed by atoms with Crippen LogP contribution >= 0.6 is 0 Å². The maximum Gasteiger partial charge on any atom is 0.0736 e. The second-order valence-electron chi connectivity index (χ2n) is 4.78. The van der Waals surface area contributed by atoms with Gasteiger partial charge in [0.2, 0.25) is 0 Å². The lowest BCUT2D eigenvalue weighted by Crippen LogP contribution is -2.06. The van der Waals surface area contributed by atoms with Crippen LogP contribution in [0.15, 0.2) is 18.2 Å². The van der Waals surface area contributed by atoms with Gasteiger partial charge >= 0.3 is 0 Å². The molecule has 0 amide bonds. The number of aromatic nitrogens is 1. The predicted molar refractivity (Wildman–Crippen MR) is 69.0 cm³/mol. The zero-order valence-corrected chi connectivity index (χ0v) is 10.1. The van der Waals surface area contributed by atoms with Crippen LogP contribution in [-0.2, 0) is 12.8 Å². The minimum atomic E-state index is 0.0830. The van der Waals surface area contributed by atoms with Gasteiger partial charge in [0.05, 0.1) is 12.0 Å². The predicted octanol–water partition coefficient (Wildman–Crippen LogP) is 3.67. The highest BCUT2D eigenvalue weighted by Crippen LogP contribution is 2.37. The molecule has 1 aromatic heterocycles. The summed E-state index contributed by atoms with van der Waals surface area (Å²) in [5.74, 6) is 0.0830. The molecule has 1 aromatic carbocycles. The number of aromatic amines is 1. The number of hydrogen-bond acceptors (Lipinski definition) is 1. The van der Waals surface area contributed by atoms with Crippen molar-refractivity contribution in [2.75, 3.05) is 0 Å². The highest BCUT2D eigenvalue weighted by atomic mass is 14.7. The van der Waals surface area contributed by atoms with E-state index < -0.39 is 0 Å². The standard InChI is InChI=1S/C15H16N2/c1-2-10-5-3-7-12-14-11(9-16)6-4-8-13(14)17-15(10)12/h3,5,7,11,17H,2,4,6,8H2,1H3. The van der Waals surface area contributed by atoms with Crippen LogP contribution in [0.2, 0.25) is 0 Å². The molecule has 86 valence electrons. The number of nitrogens with zero attached hydrogens (tertiary/aromatic N) is 1. The molecule has 2 aromatic rings. The van der Waals surface area contributed by atoms with E-state index in [0.29, 0.717) is 0 Å². The molecule has 1 N–H and O–H groups in total. The van der Waals surface area contributed by atoms with Crippen LogP contribution in [0.25, 0.3) is 10.9 Å². The summed E-state index contributed by atoms with van der Waals surface area (Å²) < 4.78 is 0. The second-order valence-corrected chi connectivity index (χ2v) is 4.78. The molecule has 1 heterocycles. The smallest absolute Gasteiger partial charge is 0.0736 e. The van der Waals surface area contributed by atoms with Crippen LogP contribution in [0.5, 0.6) is 0 Å². The van der Waals surface area contributed by atoms with Crippen molar-refractivity contribution in [2.45, 2.75) is 38.5 Å². The molecule has 0 saturated carbocycles. The van der Waals surface area contributed by atoms with Crippen LogP contribution in [0.1, 0.15) is 42.5 Å². The average Bonchev–Trinajstić information content (AvgIpc) is 2.76. The molecule has 0 bridgehead atoms. The Kier molecular flexibility index (Phi) is 2.40. The molecule has 1 atom stereocenters. The van der Waals surface area contributed by atoms with E-state index in [1.807, 2.05) is 0 Å². The maximum atomic E-state index is 9.28. The van der Waals surface area contributed by atoms with Crippen molar-refractivity contribution in [3.8, 4) is 6.07 Å². The maximum absolute atomic E-state index is 9.28. The van der Waals surface area contributed by atoms with Gasteiger partial charge in [-0.05, 0) is 36.8 Å². The van der Waals surface area contributed by atoms with Crippen molar-refractivity contribution in [3.05, 3.63) is 35.0 Å². The molecule has 0 radical (unpaired) electrons. The van der Waals surface area contributed by atoms with E-state index in [1.54, 1.807) is 0 Å². The zero-order chi connectivity index (χ0) is 11.8. The normalized spacial score (nSPS) is 18.9. The van der Waals surface area contributed by atoms with Gasteiger partial charge in [-0.2, -0.15) is 5.26 Å². The highest BCUT2D eigenvalue weighted by molar-refractivity contribution is 5.88. The summed E-state index contributed by atoms with van der Waals surface area (Å²) in [4.78, 5) is 3.55. The van der Waals surface area contributed by atoms with E-state index >= 15 is 0 Å². The third kappa shape index (κ3) is 1.46. The lowest BCUT2D eigenvalue weighted by atomic mass is 9.86. The first kappa shape index (κ1) is 10.4. The third-order valence-corrected chi connectivity index (χ3v) is 3.85. The monoisotopic (exact) mass is 224 g/mol. The van der Waals surface area contributed by atoms with Gasteiger partial charge in [-0.15, -0.1) is 0 Å². The SMILES string of the molecule is CCc1cccc2c3c([nH]c12)CCCC3C#N. The lowest BCUT2D eigenvalue weighted by molar-refractivity contribution is 0.633. The Morgan fingerprint density at radius 3 is 3.12 bits per heavy atom. The topological polar surface area (TPSA) is 39.6 Å². The van der Waals surface area contributed by atoms with Gasteiger partial charge in [0, 0.05) is 16.6 Å². The first-order valence-electron chi connectivity index (χ1n) is 6.37. The minimum Gasteiger partial charge on any atom is -0.358 e. The van der Waals surface area contributed by atoms with E-state index in [9.17, 15) is 5.26 Å². The van der Waals surface area contributed by atoms with Crippen LogP contribution in [0.4, 0.5) is 0 Å². The Labute approximate surface area is 101 Å². The van der Waals surface area contributed by atoms with E-state index in [1.165, 1.54) is 27.7 Å². The van der Waals surface area contributed by atoms with Gasteiger partial charge in [0.25, 0.3) is 0 Å². The number of nitrogens with one attached hydrogen (secondary N) is 1. The molecule has 1 aliphatic rings. The quantitative estimate of drug-likeness (QED) is 0.788.